The lowest BCUT2D eigenvalue weighted by Crippen LogP contribution is -2.48. The maximum Gasteiger partial charge on any atom is 0.257 e. The number of furan rings is 1. The Morgan fingerprint density at radius 1 is 1.13 bits per heavy atom. The third kappa shape index (κ3) is 3.93. The predicted octanol–water partition coefficient (Wildman–Crippen LogP) is 2.64. The van der Waals surface area contributed by atoms with Crippen LogP contribution in [-0.2, 0) is 6.54 Å². The first-order valence-corrected chi connectivity index (χ1v) is 8.02. The van der Waals surface area contributed by atoms with Crippen molar-refractivity contribution in [2.24, 2.45) is 0 Å². The lowest BCUT2D eigenvalue weighted by atomic mass is 10.2. The predicted molar refractivity (Wildman–Crippen MR) is 87.5 cm³/mol. The monoisotopic (exact) mass is 314 g/mol. The van der Waals surface area contributed by atoms with E-state index in [-0.39, 0.29) is 5.91 Å². The van der Waals surface area contributed by atoms with E-state index >= 15 is 0 Å². The Hall–Kier alpha value is -2.27. The zero-order chi connectivity index (χ0) is 16.1. The molecule has 0 N–H and O–H groups in total. The van der Waals surface area contributed by atoms with Crippen LogP contribution in [0.4, 0.5) is 0 Å². The van der Waals surface area contributed by atoms with Crippen LogP contribution in [-0.4, -0.2) is 48.5 Å². The average molecular weight is 314 g/mol. The SMILES string of the molecule is CCOc1ccc(CN2CCN(C(=O)c3ccoc3)CC2)cc1. The van der Waals surface area contributed by atoms with E-state index in [1.54, 1.807) is 6.07 Å². The van der Waals surface area contributed by atoms with Crippen molar-refractivity contribution in [3.63, 3.8) is 0 Å². The van der Waals surface area contributed by atoms with Gasteiger partial charge in [-0.2, -0.15) is 0 Å². The molecule has 1 amide bonds. The fourth-order valence-electron chi connectivity index (χ4n) is 2.79. The fraction of sp³-hybridized carbons (Fsp3) is 0.389. The van der Waals surface area contributed by atoms with Crippen molar-refractivity contribution < 1.29 is 13.9 Å². The second-order valence-corrected chi connectivity index (χ2v) is 5.66. The van der Waals surface area contributed by atoms with E-state index in [0.29, 0.717) is 12.2 Å². The van der Waals surface area contributed by atoms with Crippen molar-refractivity contribution in [3.05, 3.63) is 54.0 Å². The summed E-state index contributed by atoms with van der Waals surface area (Å²) in [4.78, 5) is 16.5. The van der Waals surface area contributed by atoms with Crippen molar-refractivity contribution in [3.8, 4) is 5.75 Å². The summed E-state index contributed by atoms with van der Waals surface area (Å²) < 4.78 is 10.4. The molecule has 122 valence electrons. The standard InChI is InChI=1S/C18H22N2O3/c1-2-23-17-5-3-15(4-6-17)13-19-8-10-20(11-9-19)18(21)16-7-12-22-14-16/h3-7,12,14H,2,8-11,13H2,1H3. The number of hydrogen-bond acceptors (Lipinski definition) is 4. The van der Waals surface area contributed by atoms with E-state index in [1.165, 1.54) is 18.1 Å². The Morgan fingerprint density at radius 2 is 1.87 bits per heavy atom. The van der Waals surface area contributed by atoms with Crippen LogP contribution in [0.5, 0.6) is 5.75 Å². The maximum absolute atomic E-state index is 12.3. The summed E-state index contributed by atoms with van der Waals surface area (Å²) in [6.07, 6.45) is 3.05. The molecule has 1 aliphatic heterocycles. The molecule has 3 rings (SSSR count). The molecule has 0 bridgehead atoms. The molecular formula is C18H22N2O3. The van der Waals surface area contributed by atoms with Gasteiger partial charge in [-0.05, 0) is 30.7 Å². The van der Waals surface area contributed by atoms with E-state index in [4.69, 9.17) is 9.15 Å². The van der Waals surface area contributed by atoms with Crippen molar-refractivity contribution in [2.45, 2.75) is 13.5 Å². The lowest BCUT2D eigenvalue weighted by Gasteiger charge is -2.34. The number of carbonyl (C=O) groups excluding carboxylic acids is 1. The zero-order valence-corrected chi connectivity index (χ0v) is 13.4. The normalized spacial score (nSPS) is 15.6. The highest BCUT2D eigenvalue weighted by atomic mass is 16.5. The van der Waals surface area contributed by atoms with Gasteiger partial charge in [-0.25, -0.2) is 0 Å². The first-order chi connectivity index (χ1) is 11.3. The summed E-state index contributed by atoms with van der Waals surface area (Å²) in [7, 11) is 0. The summed E-state index contributed by atoms with van der Waals surface area (Å²) in [6.45, 7) is 6.85. The van der Waals surface area contributed by atoms with Gasteiger partial charge in [0.15, 0.2) is 0 Å². The zero-order valence-electron chi connectivity index (χ0n) is 13.4. The number of carbonyl (C=O) groups is 1. The van der Waals surface area contributed by atoms with Crippen LogP contribution in [0, 0.1) is 0 Å². The van der Waals surface area contributed by atoms with Gasteiger partial charge < -0.3 is 14.1 Å². The van der Waals surface area contributed by atoms with Crippen molar-refractivity contribution >= 4 is 5.91 Å². The van der Waals surface area contributed by atoms with Crippen molar-refractivity contribution in [2.75, 3.05) is 32.8 Å². The minimum Gasteiger partial charge on any atom is -0.494 e. The Kier molecular flexibility index (Phi) is 4.98. The number of rotatable bonds is 5. The molecule has 5 heteroatoms. The molecule has 2 aromatic rings. The lowest BCUT2D eigenvalue weighted by molar-refractivity contribution is 0.0627. The molecule has 0 aliphatic carbocycles. The van der Waals surface area contributed by atoms with Crippen LogP contribution in [0.3, 0.4) is 0 Å². The highest BCUT2D eigenvalue weighted by Gasteiger charge is 2.22. The Balaban J connectivity index is 1.50. The number of nitrogens with zero attached hydrogens (tertiary/aromatic N) is 2. The van der Waals surface area contributed by atoms with Crippen LogP contribution in [0.1, 0.15) is 22.8 Å². The van der Waals surface area contributed by atoms with Crippen LogP contribution >= 0.6 is 0 Å². The maximum atomic E-state index is 12.3. The van der Waals surface area contributed by atoms with E-state index in [0.717, 1.165) is 38.5 Å². The molecule has 0 spiro atoms. The van der Waals surface area contributed by atoms with Crippen LogP contribution in [0.25, 0.3) is 0 Å². The molecular weight excluding hydrogens is 292 g/mol. The van der Waals surface area contributed by atoms with Gasteiger partial charge in [-0.3, -0.25) is 9.69 Å². The molecule has 1 aliphatic rings. The summed E-state index contributed by atoms with van der Waals surface area (Å²) in [5.41, 5.74) is 1.90. The smallest absolute Gasteiger partial charge is 0.257 e. The van der Waals surface area contributed by atoms with Gasteiger partial charge in [0.2, 0.25) is 0 Å². The van der Waals surface area contributed by atoms with Gasteiger partial charge in [0, 0.05) is 32.7 Å². The molecule has 2 heterocycles. The molecule has 0 unspecified atom stereocenters. The third-order valence-corrected chi connectivity index (χ3v) is 4.07. The van der Waals surface area contributed by atoms with Gasteiger partial charge in [0.1, 0.15) is 12.0 Å². The minimum absolute atomic E-state index is 0.0551. The summed E-state index contributed by atoms with van der Waals surface area (Å²) in [6, 6.07) is 9.95. The van der Waals surface area contributed by atoms with Gasteiger partial charge in [-0.15, -0.1) is 0 Å². The highest BCUT2D eigenvalue weighted by Crippen LogP contribution is 2.15. The number of piperazine rings is 1. The first-order valence-electron chi connectivity index (χ1n) is 8.02. The van der Waals surface area contributed by atoms with Crippen molar-refractivity contribution in [1.82, 2.24) is 9.80 Å². The Morgan fingerprint density at radius 3 is 2.48 bits per heavy atom. The molecule has 1 aromatic carbocycles. The second-order valence-electron chi connectivity index (χ2n) is 5.66. The summed E-state index contributed by atoms with van der Waals surface area (Å²) in [5.74, 6) is 0.964. The van der Waals surface area contributed by atoms with Crippen LogP contribution in [0.15, 0.2) is 47.3 Å². The Bertz CT molecular complexity index is 614. The van der Waals surface area contributed by atoms with E-state index in [9.17, 15) is 4.79 Å². The molecule has 1 fully saturated rings. The highest BCUT2D eigenvalue weighted by molar-refractivity contribution is 5.93. The number of ether oxygens (including phenoxy) is 1. The molecule has 1 aromatic heterocycles. The molecule has 5 nitrogen and oxygen atoms in total. The fourth-order valence-corrected chi connectivity index (χ4v) is 2.79. The number of hydrogen-bond donors (Lipinski definition) is 0. The van der Waals surface area contributed by atoms with Crippen LogP contribution < -0.4 is 4.74 Å². The largest absolute Gasteiger partial charge is 0.494 e. The molecule has 1 saturated heterocycles. The quantitative estimate of drug-likeness (QED) is 0.851. The number of benzene rings is 1. The van der Waals surface area contributed by atoms with Gasteiger partial charge in [0.05, 0.1) is 18.4 Å². The molecule has 0 atom stereocenters. The number of amides is 1. The van der Waals surface area contributed by atoms with Gasteiger partial charge in [0.25, 0.3) is 5.91 Å². The molecule has 0 saturated carbocycles. The first kappa shape index (κ1) is 15.6. The summed E-state index contributed by atoms with van der Waals surface area (Å²) in [5, 5.41) is 0. The van der Waals surface area contributed by atoms with Gasteiger partial charge >= 0.3 is 0 Å². The minimum atomic E-state index is 0.0551. The molecule has 0 radical (unpaired) electrons. The summed E-state index contributed by atoms with van der Waals surface area (Å²) >= 11 is 0. The second kappa shape index (κ2) is 7.33. The average Bonchev–Trinajstić information content (AvgIpc) is 3.11. The Labute approximate surface area is 136 Å². The topological polar surface area (TPSA) is 45.9 Å². The van der Waals surface area contributed by atoms with Crippen LogP contribution in [0.2, 0.25) is 0 Å². The van der Waals surface area contributed by atoms with E-state index in [1.807, 2.05) is 24.0 Å². The van der Waals surface area contributed by atoms with Crippen molar-refractivity contribution in [1.29, 1.82) is 0 Å². The van der Waals surface area contributed by atoms with E-state index in [2.05, 4.69) is 17.0 Å². The molecule has 23 heavy (non-hydrogen) atoms. The van der Waals surface area contributed by atoms with E-state index < -0.39 is 0 Å². The third-order valence-electron chi connectivity index (χ3n) is 4.07. The van der Waals surface area contributed by atoms with Gasteiger partial charge in [-0.1, -0.05) is 12.1 Å².